The third-order valence-electron chi connectivity index (χ3n) is 5.43. The van der Waals surface area contributed by atoms with E-state index in [1.165, 1.54) is 5.56 Å². The number of nitrogens with one attached hydrogen (secondary N) is 4. The zero-order valence-electron chi connectivity index (χ0n) is 18.2. The molecule has 0 spiro atoms. The third kappa shape index (κ3) is 5.06. The van der Waals surface area contributed by atoms with Crippen molar-refractivity contribution < 1.29 is 4.79 Å². The Morgan fingerprint density at radius 3 is 2.72 bits per heavy atom. The van der Waals surface area contributed by atoms with E-state index < -0.39 is 0 Å². The van der Waals surface area contributed by atoms with Crippen molar-refractivity contribution in [3.05, 3.63) is 89.1 Å². The van der Waals surface area contributed by atoms with E-state index in [0.717, 1.165) is 54.2 Å². The van der Waals surface area contributed by atoms with Crippen molar-refractivity contribution in [2.75, 3.05) is 25.0 Å². The Labute approximate surface area is 188 Å². The number of aliphatic imine (C=N–C) groups is 1. The third-order valence-corrected chi connectivity index (χ3v) is 5.43. The highest BCUT2D eigenvalue weighted by molar-refractivity contribution is 5.99. The first kappa shape index (κ1) is 21.4. The van der Waals surface area contributed by atoms with Crippen molar-refractivity contribution in [3.63, 3.8) is 0 Å². The van der Waals surface area contributed by atoms with Crippen LogP contribution in [-0.2, 0) is 12.8 Å². The topological polar surface area (TPSA) is 94.2 Å². The van der Waals surface area contributed by atoms with Crippen molar-refractivity contribution in [3.8, 4) is 0 Å². The van der Waals surface area contributed by atoms with Gasteiger partial charge in [0.2, 0.25) is 0 Å². The van der Waals surface area contributed by atoms with Crippen molar-refractivity contribution in [2.45, 2.75) is 19.8 Å². The molecule has 32 heavy (non-hydrogen) atoms. The molecule has 0 aliphatic carbocycles. The number of amides is 1. The lowest BCUT2D eigenvalue weighted by molar-refractivity contribution is 0.0949. The predicted octanol–water partition coefficient (Wildman–Crippen LogP) is 3.38. The zero-order chi connectivity index (χ0) is 22.3. The number of nitrogens with zero attached hydrogens (tertiary/aromatic N) is 2. The molecular weight excluding hydrogens is 400 g/mol. The Kier molecular flexibility index (Phi) is 6.65. The summed E-state index contributed by atoms with van der Waals surface area (Å²) in [6, 6.07) is 18.1. The van der Waals surface area contributed by atoms with Gasteiger partial charge in [0, 0.05) is 36.0 Å². The van der Waals surface area contributed by atoms with E-state index in [1.54, 1.807) is 6.07 Å². The second kappa shape index (κ2) is 9.96. The van der Waals surface area contributed by atoms with E-state index in [9.17, 15) is 4.79 Å². The number of amidine groups is 1. The second-order valence-electron chi connectivity index (χ2n) is 7.64. The van der Waals surface area contributed by atoms with E-state index >= 15 is 0 Å². The molecule has 0 atom stereocenters. The number of benzene rings is 2. The van der Waals surface area contributed by atoms with Crippen LogP contribution in [0, 0.1) is 0 Å². The number of aryl methyl sites for hydroxylation is 1. The maximum absolute atomic E-state index is 12.5. The maximum Gasteiger partial charge on any atom is 0.269 e. The van der Waals surface area contributed by atoms with Crippen LogP contribution in [-0.4, -0.2) is 41.6 Å². The first-order valence-corrected chi connectivity index (χ1v) is 10.9. The van der Waals surface area contributed by atoms with Crippen LogP contribution in [0.1, 0.15) is 39.7 Å². The highest BCUT2D eigenvalue weighted by atomic mass is 16.1. The standard InChI is InChI=1S/C25H28N6O/c1-3-19-6-4-5-7-21(19)17(2)29-23-16-22(30-31-23)25(32)28-13-12-18-8-10-20(11-9-18)24-26-14-15-27-24/h4-11,16H,2-3,12-15H2,1H3,(H,26,27)(H,28,32)(H2,29,30,31). The van der Waals surface area contributed by atoms with Gasteiger partial charge in [-0.2, -0.15) is 5.10 Å². The molecular formula is C25H28N6O. The summed E-state index contributed by atoms with van der Waals surface area (Å²) in [6.07, 6.45) is 1.66. The summed E-state index contributed by atoms with van der Waals surface area (Å²) >= 11 is 0. The minimum Gasteiger partial charge on any atom is -0.368 e. The van der Waals surface area contributed by atoms with Crippen molar-refractivity contribution in [1.29, 1.82) is 0 Å². The van der Waals surface area contributed by atoms with Crippen molar-refractivity contribution >= 4 is 23.3 Å². The number of carbonyl (C=O) groups is 1. The molecule has 4 N–H and O–H groups in total. The number of anilines is 1. The van der Waals surface area contributed by atoms with Crippen LogP contribution in [0.15, 0.2) is 66.2 Å². The van der Waals surface area contributed by atoms with E-state index in [0.29, 0.717) is 18.1 Å². The second-order valence-corrected chi connectivity index (χ2v) is 7.64. The lowest BCUT2D eigenvalue weighted by atomic mass is 10.0. The summed E-state index contributed by atoms with van der Waals surface area (Å²) in [6.45, 7) is 8.49. The number of H-pyrrole nitrogens is 1. The van der Waals surface area contributed by atoms with Gasteiger partial charge in [-0.15, -0.1) is 0 Å². The summed E-state index contributed by atoms with van der Waals surface area (Å²) in [7, 11) is 0. The summed E-state index contributed by atoms with van der Waals surface area (Å²) in [5.41, 5.74) is 5.67. The molecule has 164 valence electrons. The van der Waals surface area contributed by atoms with E-state index in [1.807, 2.05) is 18.2 Å². The van der Waals surface area contributed by atoms with Gasteiger partial charge in [0.1, 0.15) is 11.5 Å². The monoisotopic (exact) mass is 428 g/mol. The highest BCUT2D eigenvalue weighted by Crippen LogP contribution is 2.20. The number of hydrogen-bond donors (Lipinski definition) is 4. The highest BCUT2D eigenvalue weighted by Gasteiger charge is 2.12. The Morgan fingerprint density at radius 1 is 1.16 bits per heavy atom. The average molecular weight is 429 g/mol. The SMILES string of the molecule is C=C(Nc1cc(C(=O)NCCc2ccc(C3=NCCN3)cc2)[nH]n1)c1ccccc1CC. The molecule has 0 saturated heterocycles. The van der Waals surface area contributed by atoms with E-state index in [-0.39, 0.29) is 5.91 Å². The molecule has 3 aromatic rings. The quantitative estimate of drug-likeness (QED) is 0.420. The lowest BCUT2D eigenvalue weighted by Crippen LogP contribution is -2.26. The van der Waals surface area contributed by atoms with Gasteiger partial charge in [0.15, 0.2) is 5.82 Å². The molecule has 0 unspecified atom stereocenters. The molecule has 1 amide bonds. The number of aromatic amines is 1. The van der Waals surface area contributed by atoms with Crippen LogP contribution in [0.2, 0.25) is 0 Å². The van der Waals surface area contributed by atoms with Crippen LogP contribution in [0.3, 0.4) is 0 Å². The zero-order valence-corrected chi connectivity index (χ0v) is 18.2. The number of rotatable bonds is 9. The fraction of sp³-hybridized carbons (Fsp3) is 0.240. The number of hydrogen-bond acceptors (Lipinski definition) is 5. The van der Waals surface area contributed by atoms with Gasteiger partial charge < -0.3 is 16.0 Å². The number of carbonyl (C=O) groups excluding carboxylic acids is 1. The molecule has 7 nitrogen and oxygen atoms in total. The molecule has 2 aromatic carbocycles. The van der Waals surface area contributed by atoms with Crippen LogP contribution < -0.4 is 16.0 Å². The molecule has 0 fully saturated rings. The Bertz CT molecular complexity index is 1130. The number of aromatic nitrogens is 2. The minimum absolute atomic E-state index is 0.189. The summed E-state index contributed by atoms with van der Waals surface area (Å²) in [4.78, 5) is 16.9. The Hall–Kier alpha value is -3.87. The predicted molar refractivity (Wildman–Crippen MR) is 129 cm³/mol. The molecule has 1 aliphatic heterocycles. The van der Waals surface area contributed by atoms with Crippen LogP contribution in [0.5, 0.6) is 0 Å². The van der Waals surface area contributed by atoms with Gasteiger partial charge in [-0.3, -0.25) is 14.9 Å². The summed E-state index contributed by atoms with van der Waals surface area (Å²) in [5, 5.41) is 16.4. The van der Waals surface area contributed by atoms with Gasteiger partial charge in [-0.1, -0.05) is 62.0 Å². The van der Waals surface area contributed by atoms with E-state index in [2.05, 4.69) is 75.0 Å². The normalized spacial score (nSPS) is 12.7. The van der Waals surface area contributed by atoms with Gasteiger partial charge in [0.25, 0.3) is 5.91 Å². The van der Waals surface area contributed by atoms with Crippen molar-refractivity contribution in [2.24, 2.45) is 4.99 Å². The van der Waals surface area contributed by atoms with Gasteiger partial charge >= 0.3 is 0 Å². The molecule has 4 rings (SSSR count). The van der Waals surface area contributed by atoms with Gasteiger partial charge in [-0.05, 0) is 24.0 Å². The van der Waals surface area contributed by atoms with Gasteiger partial charge in [-0.25, -0.2) is 0 Å². The fourth-order valence-electron chi connectivity index (χ4n) is 3.68. The Balaban J connectivity index is 1.28. The first-order chi connectivity index (χ1) is 15.6. The van der Waals surface area contributed by atoms with Crippen LogP contribution in [0.25, 0.3) is 5.70 Å². The first-order valence-electron chi connectivity index (χ1n) is 10.9. The minimum atomic E-state index is -0.189. The van der Waals surface area contributed by atoms with E-state index in [4.69, 9.17) is 0 Å². The van der Waals surface area contributed by atoms with Gasteiger partial charge in [0.05, 0.1) is 6.54 Å². The summed E-state index contributed by atoms with van der Waals surface area (Å²) in [5.74, 6) is 1.32. The summed E-state index contributed by atoms with van der Waals surface area (Å²) < 4.78 is 0. The lowest BCUT2D eigenvalue weighted by Gasteiger charge is -2.11. The van der Waals surface area contributed by atoms with Crippen LogP contribution >= 0.6 is 0 Å². The molecule has 1 aromatic heterocycles. The molecule has 0 bridgehead atoms. The molecule has 0 radical (unpaired) electrons. The molecule has 7 heteroatoms. The van der Waals surface area contributed by atoms with Crippen LogP contribution in [0.4, 0.5) is 5.82 Å². The Morgan fingerprint density at radius 2 is 1.97 bits per heavy atom. The fourth-order valence-corrected chi connectivity index (χ4v) is 3.68. The van der Waals surface area contributed by atoms with Crippen molar-refractivity contribution in [1.82, 2.24) is 20.8 Å². The average Bonchev–Trinajstić information content (AvgIpc) is 3.52. The molecule has 0 saturated carbocycles. The largest absolute Gasteiger partial charge is 0.368 e. The molecule has 2 heterocycles. The molecule has 1 aliphatic rings. The maximum atomic E-state index is 12.5. The smallest absolute Gasteiger partial charge is 0.269 e.